The third-order valence-corrected chi connectivity index (χ3v) is 7.85. The highest BCUT2D eigenvalue weighted by Crippen LogP contribution is 2.34. The zero-order valence-electron chi connectivity index (χ0n) is 22.0. The number of H-pyrrole nitrogens is 1. The summed E-state index contributed by atoms with van der Waals surface area (Å²) in [5, 5.41) is 20.9. The molecule has 2 atom stereocenters. The Morgan fingerprint density at radius 1 is 1.07 bits per heavy atom. The van der Waals surface area contributed by atoms with E-state index in [1.165, 1.54) is 0 Å². The number of alkyl halides is 9. The number of carboxylic acid groups (broad SMARTS) is 2. The first kappa shape index (κ1) is 36.6. The molecule has 1 amide bonds. The molecule has 44 heavy (non-hydrogen) atoms. The van der Waals surface area contributed by atoms with Crippen LogP contribution >= 0.6 is 0 Å². The summed E-state index contributed by atoms with van der Waals surface area (Å²) in [5.41, 5.74) is -1.40. The average molecular weight is 677 g/mol. The molecular weight excluding hydrogens is 653 g/mol. The molecule has 0 saturated carbocycles. The minimum atomic E-state index is -5.08. The number of likely N-dealkylation sites (tertiary alicyclic amines) is 1. The number of hydrogen-bond donors (Lipinski definition) is 4. The molecule has 3 aliphatic rings. The molecule has 1 spiro atoms. The molecule has 13 nitrogen and oxygen atoms in total. The second-order valence-electron chi connectivity index (χ2n) is 9.72. The minimum absolute atomic E-state index is 0.0582. The van der Waals surface area contributed by atoms with Gasteiger partial charge in [0.05, 0.1) is 24.2 Å². The van der Waals surface area contributed by atoms with Gasteiger partial charge in [-0.15, -0.1) is 0 Å². The molecule has 4 rings (SSSR count). The summed E-state index contributed by atoms with van der Waals surface area (Å²) in [4.78, 5) is 43.9. The van der Waals surface area contributed by atoms with E-state index in [4.69, 9.17) is 24.6 Å². The van der Waals surface area contributed by atoms with Crippen molar-refractivity contribution in [3.8, 4) is 0 Å². The number of rotatable bonds is 4. The van der Waals surface area contributed by atoms with Gasteiger partial charge in [0.1, 0.15) is 17.2 Å². The van der Waals surface area contributed by atoms with Crippen molar-refractivity contribution < 1.29 is 77.4 Å². The maximum atomic E-state index is 12.7. The number of sulfone groups is 1. The van der Waals surface area contributed by atoms with Crippen LogP contribution < -0.4 is 5.32 Å². The number of oxime groups is 1. The van der Waals surface area contributed by atoms with Gasteiger partial charge in [0.25, 0.3) is 5.91 Å². The lowest BCUT2D eigenvalue weighted by atomic mass is 9.88. The van der Waals surface area contributed by atoms with Crippen LogP contribution in [0.15, 0.2) is 11.4 Å². The number of hydrogen-bond acceptors (Lipinski definition) is 9. The lowest BCUT2D eigenvalue weighted by Gasteiger charge is -2.37. The first-order chi connectivity index (χ1) is 19.9. The number of imidazole rings is 1. The quantitative estimate of drug-likeness (QED) is 0.344. The van der Waals surface area contributed by atoms with E-state index in [-0.39, 0.29) is 36.0 Å². The molecule has 0 aromatic carbocycles. The van der Waals surface area contributed by atoms with Crippen LogP contribution in [0.5, 0.6) is 0 Å². The van der Waals surface area contributed by atoms with E-state index in [2.05, 4.69) is 20.4 Å². The summed E-state index contributed by atoms with van der Waals surface area (Å²) in [5.74, 6) is -5.76. The fourth-order valence-electron chi connectivity index (χ4n) is 4.16. The van der Waals surface area contributed by atoms with Gasteiger partial charge in [-0.2, -0.15) is 39.5 Å². The minimum Gasteiger partial charge on any atom is -0.475 e. The van der Waals surface area contributed by atoms with Crippen molar-refractivity contribution in [3.63, 3.8) is 0 Å². The van der Waals surface area contributed by atoms with Crippen LogP contribution in [0.25, 0.3) is 0 Å². The predicted molar refractivity (Wildman–Crippen MR) is 127 cm³/mol. The zero-order chi connectivity index (χ0) is 33.7. The molecule has 0 radical (unpaired) electrons. The highest BCUT2D eigenvalue weighted by atomic mass is 32.2. The molecular formula is C21H24F9N5O8S. The number of carboxylic acids is 2. The predicted octanol–water partition coefficient (Wildman–Crippen LogP) is 2.11. The van der Waals surface area contributed by atoms with Gasteiger partial charge in [-0.1, -0.05) is 5.16 Å². The molecule has 0 bridgehead atoms. The van der Waals surface area contributed by atoms with Crippen molar-refractivity contribution in [3.05, 3.63) is 17.7 Å². The van der Waals surface area contributed by atoms with Crippen molar-refractivity contribution in [1.82, 2.24) is 20.2 Å². The van der Waals surface area contributed by atoms with Crippen LogP contribution in [0.4, 0.5) is 39.5 Å². The van der Waals surface area contributed by atoms with E-state index in [0.717, 1.165) is 12.6 Å². The van der Waals surface area contributed by atoms with E-state index in [1.54, 1.807) is 0 Å². The molecule has 2 unspecified atom stereocenters. The number of aromatic amines is 1. The fourth-order valence-corrected chi connectivity index (χ4v) is 5.84. The summed E-state index contributed by atoms with van der Waals surface area (Å²) >= 11 is 0. The average Bonchev–Trinajstić information content (AvgIpc) is 3.58. The van der Waals surface area contributed by atoms with Crippen LogP contribution in [0.3, 0.4) is 0 Å². The second-order valence-corrected chi connectivity index (χ2v) is 12.0. The van der Waals surface area contributed by atoms with Crippen LogP contribution in [0.1, 0.15) is 37.2 Å². The van der Waals surface area contributed by atoms with Crippen LogP contribution in [0, 0.1) is 0 Å². The first-order valence-corrected chi connectivity index (χ1v) is 13.9. The Balaban J connectivity index is 0.000000402. The Labute approximate surface area is 241 Å². The van der Waals surface area contributed by atoms with Gasteiger partial charge < -0.3 is 25.4 Å². The molecule has 2 fully saturated rings. The molecule has 2 saturated heterocycles. The lowest BCUT2D eigenvalue weighted by molar-refractivity contribution is -0.193. The van der Waals surface area contributed by atoms with E-state index >= 15 is 0 Å². The maximum absolute atomic E-state index is 12.7. The zero-order valence-corrected chi connectivity index (χ0v) is 22.8. The van der Waals surface area contributed by atoms with Crippen LogP contribution in [-0.4, -0.2) is 106 Å². The molecule has 1 aromatic heterocycles. The smallest absolute Gasteiger partial charge is 0.475 e. The first-order valence-electron chi connectivity index (χ1n) is 12.1. The summed E-state index contributed by atoms with van der Waals surface area (Å²) < 4.78 is 125. The van der Waals surface area contributed by atoms with Gasteiger partial charge in [0.15, 0.2) is 15.4 Å². The third kappa shape index (κ3) is 11.1. The molecule has 4 heterocycles. The molecule has 0 aliphatic carbocycles. The summed E-state index contributed by atoms with van der Waals surface area (Å²) in [7, 11) is -3.11. The molecule has 3 aliphatic heterocycles. The molecule has 250 valence electrons. The SMILES string of the molecule is O=C(NC1CCS(=O)(=O)C1)C1=NOC2(CCCN(Cc3ncc(C(F)(F)F)[nH]3)C2)C1.O=C(O)C(F)(F)F.O=C(O)C(F)(F)F. The number of aliphatic carboxylic acids is 2. The van der Waals surface area contributed by atoms with E-state index in [9.17, 15) is 52.7 Å². The number of halogens is 9. The van der Waals surface area contributed by atoms with Gasteiger partial charge in [-0.05, 0) is 25.8 Å². The van der Waals surface area contributed by atoms with Crippen molar-refractivity contribution in [2.45, 2.75) is 62.4 Å². The normalized spacial score (nSPS) is 23.4. The van der Waals surface area contributed by atoms with Gasteiger partial charge in [-0.3, -0.25) is 9.69 Å². The van der Waals surface area contributed by atoms with Gasteiger partial charge in [0, 0.05) is 19.0 Å². The third-order valence-electron chi connectivity index (χ3n) is 6.08. The Morgan fingerprint density at radius 3 is 2.09 bits per heavy atom. The van der Waals surface area contributed by atoms with Gasteiger partial charge >= 0.3 is 30.5 Å². The maximum Gasteiger partial charge on any atom is 0.490 e. The highest BCUT2D eigenvalue weighted by molar-refractivity contribution is 7.91. The Kier molecular flexibility index (Phi) is 11.3. The summed E-state index contributed by atoms with van der Waals surface area (Å²) in [6.07, 6.45) is -11.8. The number of nitrogens with one attached hydrogen (secondary N) is 2. The molecule has 23 heteroatoms. The van der Waals surface area contributed by atoms with Crippen LogP contribution in [-0.2, 0) is 41.8 Å². The van der Waals surface area contributed by atoms with Crippen LogP contribution in [0.2, 0.25) is 0 Å². The Bertz CT molecular complexity index is 1320. The van der Waals surface area contributed by atoms with Crippen molar-refractivity contribution >= 4 is 33.4 Å². The largest absolute Gasteiger partial charge is 0.490 e. The molecule has 4 N–H and O–H groups in total. The van der Waals surface area contributed by atoms with Crippen molar-refractivity contribution in [2.75, 3.05) is 24.6 Å². The standard InChI is InChI=1S/C17H22F3N5O4S.2C2HF3O2/c18-17(19,20)13-7-21-14(23-13)8-25-4-1-3-16(10-25)6-12(24-29-16)15(26)22-11-2-5-30(27,28)9-11;2*3-2(4,5)1(6)7/h7,11H,1-6,8-10H2,(H,21,23)(H,22,26);2*(H,6,7). The Morgan fingerprint density at radius 2 is 1.64 bits per heavy atom. The number of aromatic nitrogens is 2. The number of carbonyl (C=O) groups excluding carboxylic acids is 1. The fraction of sp³-hybridized carbons (Fsp3) is 0.667. The topological polar surface area (TPSA) is 191 Å². The van der Waals surface area contributed by atoms with Crippen molar-refractivity contribution in [1.29, 1.82) is 0 Å². The van der Waals surface area contributed by atoms with Gasteiger partial charge in [-0.25, -0.2) is 23.0 Å². The Hall–Kier alpha value is -3.63. The number of piperidine rings is 1. The summed E-state index contributed by atoms with van der Waals surface area (Å²) in [6.45, 7) is 1.25. The van der Waals surface area contributed by atoms with Gasteiger partial charge in [0.2, 0.25) is 0 Å². The number of carbonyl (C=O) groups is 3. The molecule has 1 aromatic rings. The lowest BCUT2D eigenvalue weighted by Crippen LogP contribution is -2.49. The number of nitrogens with zero attached hydrogens (tertiary/aromatic N) is 3. The van der Waals surface area contributed by atoms with E-state index in [0.29, 0.717) is 25.9 Å². The number of amides is 1. The second kappa shape index (κ2) is 13.6. The highest BCUT2D eigenvalue weighted by Gasteiger charge is 2.45. The monoisotopic (exact) mass is 677 g/mol. The van der Waals surface area contributed by atoms with E-state index in [1.807, 2.05) is 4.90 Å². The van der Waals surface area contributed by atoms with E-state index < -0.39 is 63.5 Å². The summed E-state index contributed by atoms with van der Waals surface area (Å²) in [6, 6.07) is -0.425. The van der Waals surface area contributed by atoms with Crippen molar-refractivity contribution in [2.24, 2.45) is 5.16 Å².